The van der Waals surface area contributed by atoms with Crippen LogP contribution in [0.15, 0.2) is 36.4 Å². The first kappa shape index (κ1) is 16.3. The third-order valence-corrected chi connectivity index (χ3v) is 5.91. The Morgan fingerprint density at radius 1 is 0.957 bits per heavy atom. The molecule has 1 aliphatic rings. The Kier molecular flexibility index (Phi) is 3.91. The van der Waals surface area contributed by atoms with Crippen LogP contribution in [0.5, 0.6) is 0 Å². The fraction of sp³-hybridized carbons (Fsp3) is 0.478. The molecule has 0 saturated heterocycles. The average Bonchev–Trinajstić information content (AvgIpc) is 2.52. The van der Waals surface area contributed by atoms with Crippen LogP contribution in [0.25, 0.3) is 0 Å². The summed E-state index contributed by atoms with van der Waals surface area (Å²) in [6.45, 7) is 14.2. The first-order valence-electron chi connectivity index (χ1n) is 8.84. The summed E-state index contributed by atoms with van der Waals surface area (Å²) in [5, 5.41) is 0. The Hall–Kier alpha value is -1.56. The van der Waals surface area contributed by atoms with E-state index in [1.807, 2.05) is 12.1 Å². The van der Waals surface area contributed by atoms with Crippen molar-refractivity contribution in [2.45, 2.75) is 71.1 Å². The highest BCUT2D eigenvalue weighted by Crippen LogP contribution is 2.47. The topological polar surface area (TPSA) is 0 Å². The average molecular weight is 305 g/mol. The van der Waals surface area contributed by atoms with Gasteiger partial charge in [-0.25, -0.2) is 0 Å². The number of rotatable bonds is 2. The van der Waals surface area contributed by atoms with Gasteiger partial charge in [0, 0.05) is 5.92 Å². The Morgan fingerprint density at radius 2 is 1.57 bits per heavy atom. The van der Waals surface area contributed by atoms with E-state index in [1.54, 1.807) is 11.1 Å². The molecule has 0 aromatic heterocycles. The number of hydrogen-bond donors (Lipinski definition) is 0. The highest BCUT2D eigenvalue weighted by Gasteiger charge is 2.37. The van der Waals surface area contributed by atoms with Crippen molar-refractivity contribution in [3.8, 4) is 0 Å². The highest BCUT2D eigenvalue weighted by molar-refractivity contribution is 5.49. The van der Waals surface area contributed by atoms with E-state index in [0.29, 0.717) is 5.92 Å². The van der Waals surface area contributed by atoms with Crippen LogP contribution in [0, 0.1) is 13.0 Å². The minimum absolute atomic E-state index is 0.271. The summed E-state index contributed by atoms with van der Waals surface area (Å²) in [5.74, 6) is 0.391. The van der Waals surface area contributed by atoms with Crippen molar-refractivity contribution in [3.63, 3.8) is 0 Å². The van der Waals surface area contributed by atoms with Gasteiger partial charge >= 0.3 is 0 Å². The number of fused-ring (bicyclic) bond motifs is 1. The van der Waals surface area contributed by atoms with Crippen LogP contribution in [0.1, 0.15) is 81.2 Å². The lowest BCUT2D eigenvalue weighted by Crippen LogP contribution is -2.34. The molecule has 2 aromatic carbocycles. The Bertz CT molecular complexity index is 704. The zero-order valence-electron chi connectivity index (χ0n) is 15.5. The fourth-order valence-electron chi connectivity index (χ4n) is 4.05. The molecule has 1 unspecified atom stereocenters. The van der Waals surface area contributed by atoms with Gasteiger partial charge in [0.1, 0.15) is 0 Å². The SMILES string of the molecule is Cc1cc2c(cc1C(C)c1[c]cccc1)C(C)(C)CCC2(C)C. The van der Waals surface area contributed by atoms with E-state index in [4.69, 9.17) is 0 Å². The van der Waals surface area contributed by atoms with E-state index in [0.717, 1.165) is 0 Å². The van der Waals surface area contributed by atoms with Crippen LogP contribution in [-0.2, 0) is 10.8 Å². The van der Waals surface area contributed by atoms with Gasteiger partial charge in [-0.15, -0.1) is 0 Å². The zero-order valence-corrected chi connectivity index (χ0v) is 15.5. The molecule has 0 amide bonds. The number of aryl methyl sites for hydroxylation is 1. The summed E-state index contributed by atoms with van der Waals surface area (Å²) in [6.07, 6.45) is 2.54. The van der Waals surface area contributed by atoms with Crippen LogP contribution in [0.3, 0.4) is 0 Å². The molecule has 0 N–H and O–H groups in total. The second-order valence-corrected chi connectivity index (χ2v) is 8.56. The summed E-state index contributed by atoms with van der Waals surface area (Å²) in [5.41, 5.74) is 7.82. The number of benzene rings is 2. The van der Waals surface area contributed by atoms with Crippen LogP contribution in [0.4, 0.5) is 0 Å². The van der Waals surface area contributed by atoms with Crippen LogP contribution >= 0.6 is 0 Å². The van der Waals surface area contributed by atoms with Gasteiger partial charge in [-0.2, -0.15) is 0 Å². The van der Waals surface area contributed by atoms with Gasteiger partial charge in [0.25, 0.3) is 0 Å². The van der Waals surface area contributed by atoms with E-state index in [1.165, 1.54) is 29.5 Å². The third kappa shape index (κ3) is 2.84. The molecule has 0 fully saturated rings. The Labute approximate surface area is 141 Å². The second kappa shape index (κ2) is 5.51. The molecular weight excluding hydrogens is 276 g/mol. The maximum atomic E-state index is 3.41. The zero-order chi connectivity index (χ0) is 16.8. The third-order valence-electron chi connectivity index (χ3n) is 5.91. The first-order chi connectivity index (χ1) is 10.7. The van der Waals surface area contributed by atoms with Crippen molar-refractivity contribution in [1.82, 2.24) is 0 Å². The van der Waals surface area contributed by atoms with Gasteiger partial charge < -0.3 is 0 Å². The molecule has 0 spiro atoms. The Morgan fingerprint density at radius 3 is 2.13 bits per heavy atom. The molecule has 0 aliphatic heterocycles. The van der Waals surface area contributed by atoms with Crippen molar-refractivity contribution >= 4 is 0 Å². The molecule has 0 bridgehead atoms. The molecule has 0 nitrogen and oxygen atoms in total. The molecule has 1 radical (unpaired) electrons. The summed E-state index contributed by atoms with van der Waals surface area (Å²) in [6, 6.07) is 16.7. The summed E-state index contributed by atoms with van der Waals surface area (Å²) in [4.78, 5) is 0. The predicted molar refractivity (Wildman–Crippen MR) is 99.3 cm³/mol. The van der Waals surface area contributed by atoms with Gasteiger partial charge in [0.05, 0.1) is 0 Å². The fourth-order valence-corrected chi connectivity index (χ4v) is 4.05. The van der Waals surface area contributed by atoms with Gasteiger partial charge in [0.2, 0.25) is 0 Å². The lowest BCUT2D eigenvalue weighted by atomic mass is 9.62. The van der Waals surface area contributed by atoms with Gasteiger partial charge in [-0.1, -0.05) is 71.0 Å². The van der Waals surface area contributed by atoms with Crippen molar-refractivity contribution in [2.24, 2.45) is 0 Å². The molecule has 1 atom stereocenters. The van der Waals surface area contributed by atoms with Crippen molar-refractivity contribution < 1.29 is 0 Å². The van der Waals surface area contributed by atoms with Crippen molar-refractivity contribution in [2.75, 3.05) is 0 Å². The first-order valence-corrected chi connectivity index (χ1v) is 8.84. The molecular formula is C23H29. The van der Waals surface area contributed by atoms with Crippen molar-refractivity contribution in [1.29, 1.82) is 0 Å². The molecule has 23 heavy (non-hydrogen) atoms. The second-order valence-electron chi connectivity index (χ2n) is 8.56. The van der Waals surface area contributed by atoms with Crippen LogP contribution in [0.2, 0.25) is 0 Å². The maximum Gasteiger partial charge on any atom is 0.00698 e. The molecule has 0 saturated carbocycles. The van der Waals surface area contributed by atoms with Gasteiger partial charge in [-0.05, 0) is 64.5 Å². The molecule has 1 aliphatic carbocycles. The van der Waals surface area contributed by atoms with Crippen molar-refractivity contribution in [3.05, 3.63) is 70.3 Å². The standard InChI is InChI=1S/C23H29/c1-16-14-20-21(23(5,6)13-12-22(20,3)4)15-19(16)17(2)18-10-8-7-9-11-18/h7-10,14-15,17H,12-13H2,1-6H3. The molecule has 2 aromatic rings. The van der Waals surface area contributed by atoms with Crippen LogP contribution < -0.4 is 0 Å². The quantitative estimate of drug-likeness (QED) is 0.611. The van der Waals surface area contributed by atoms with E-state index >= 15 is 0 Å². The lowest BCUT2D eigenvalue weighted by Gasteiger charge is -2.42. The maximum absolute atomic E-state index is 3.41. The van der Waals surface area contributed by atoms with Gasteiger partial charge in [-0.3, -0.25) is 0 Å². The monoisotopic (exact) mass is 305 g/mol. The van der Waals surface area contributed by atoms with Gasteiger partial charge in [0.15, 0.2) is 0 Å². The predicted octanol–water partition coefficient (Wildman–Crippen LogP) is 6.30. The molecule has 0 heteroatoms. The highest BCUT2D eigenvalue weighted by atomic mass is 14.4. The molecule has 121 valence electrons. The lowest BCUT2D eigenvalue weighted by molar-refractivity contribution is 0.331. The number of hydrogen-bond acceptors (Lipinski definition) is 0. The summed E-state index contributed by atoms with van der Waals surface area (Å²) >= 11 is 0. The van der Waals surface area contributed by atoms with E-state index < -0.39 is 0 Å². The van der Waals surface area contributed by atoms with E-state index in [2.05, 4.69) is 71.9 Å². The smallest absolute Gasteiger partial charge is 0.00698 e. The van der Waals surface area contributed by atoms with E-state index in [-0.39, 0.29) is 10.8 Å². The normalized spacial score (nSPS) is 19.9. The summed E-state index contributed by atoms with van der Waals surface area (Å²) in [7, 11) is 0. The Balaban J connectivity index is 2.15. The summed E-state index contributed by atoms with van der Waals surface area (Å²) < 4.78 is 0. The van der Waals surface area contributed by atoms with E-state index in [9.17, 15) is 0 Å². The largest absolute Gasteiger partial charge is 0.0619 e. The molecule has 0 heterocycles. The minimum atomic E-state index is 0.271. The molecule has 3 rings (SSSR count). The minimum Gasteiger partial charge on any atom is -0.0619 e. The van der Waals surface area contributed by atoms with Crippen LogP contribution in [-0.4, -0.2) is 0 Å².